The molecule has 0 saturated carbocycles. The summed E-state index contributed by atoms with van der Waals surface area (Å²) in [7, 11) is 0. The van der Waals surface area contributed by atoms with Crippen LogP contribution in [0.1, 0.15) is 0 Å². The number of hydrogen-bond acceptors (Lipinski definition) is 2. The molecule has 2 aromatic rings. The molecule has 2 amide bonds. The minimum atomic E-state index is -4.17. The molecule has 108 valence electrons. The van der Waals surface area contributed by atoms with Crippen LogP contribution in [0.4, 0.5) is 20.2 Å². The molecular formula is C15H12F2N2O2. The molecule has 4 nitrogen and oxygen atoms in total. The number of halogens is 2. The monoisotopic (exact) mass is 290 g/mol. The minimum absolute atomic E-state index is 0.190. The zero-order chi connectivity index (χ0) is 15.3. The predicted octanol–water partition coefficient (Wildman–Crippen LogP) is 2.90. The molecule has 0 spiro atoms. The van der Waals surface area contributed by atoms with Gasteiger partial charge in [0.15, 0.2) is 0 Å². The predicted molar refractivity (Wildman–Crippen MR) is 75.1 cm³/mol. The second-order valence-electron chi connectivity index (χ2n) is 4.21. The van der Waals surface area contributed by atoms with Crippen molar-refractivity contribution in [3.8, 4) is 0 Å². The van der Waals surface area contributed by atoms with Gasteiger partial charge in [-0.1, -0.05) is 36.4 Å². The molecule has 2 rings (SSSR count). The van der Waals surface area contributed by atoms with Gasteiger partial charge in [0.25, 0.3) is 0 Å². The Balaban J connectivity index is 2.06. The Hall–Kier alpha value is -2.76. The Bertz CT molecular complexity index is 575. The first kappa shape index (κ1) is 14.6. The highest BCUT2D eigenvalue weighted by Gasteiger charge is 2.47. The maximum atomic E-state index is 13.8. The Kier molecular flexibility index (Phi) is 4.27. The first-order valence-electron chi connectivity index (χ1n) is 6.11. The maximum absolute atomic E-state index is 13.8. The van der Waals surface area contributed by atoms with E-state index in [1.54, 1.807) is 36.4 Å². The number of alkyl halides is 2. The van der Waals surface area contributed by atoms with Gasteiger partial charge in [0.1, 0.15) is 0 Å². The molecular weight excluding hydrogens is 278 g/mol. The van der Waals surface area contributed by atoms with E-state index in [0.717, 1.165) is 0 Å². The van der Waals surface area contributed by atoms with Crippen molar-refractivity contribution in [2.24, 2.45) is 0 Å². The van der Waals surface area contributed by atoms with E-state index in [2.05, 4.69) is 0 Å². The highest BCUT2D eigenvalue weighted by Crippen LogP contribution is 2.20. The van der Waals surface area contributed by atoms with E-state index in [-0.39, 0.29) is 11.4 Å². The van der Waals surface area contributed by atoms with Crippen molar-refractivity contribution in [3.63, 3.8) is 0 Å². The highest BCUT2D eigenvalue weighted by atomic mass is 19.3. The van der Waals surface area contributed by atoms with Gasteiger partial charge in [0.2, 0.25) is 0 Å². The fourth-order valence-corrected chi connectivity index (χ4v) is 1.57. The zero-order valence-electron chi connectivity index (χ0n) is 10.8. The molecule has 0 unspecified atom stereocenters. The Morgan fingerprint density at radius 3 is 1.38 bits per heavy atom. The average Bonchev–Trinajstić information content (AvgIpc) is 2.49. The lowest BCUT2D eigenvalue weighted by Gasteiger charge is -2.15. The number of benzene rings is 2. The van der Waals surface area contributed by atoms with Crippen molar-refractivity contribution in [1.29, 1.82) is 0 Å². The lowest BCUT2D eigenvalue weighted by atomic mass is 10.2. The number of para-hydroxylation sites is 2. The summed E-state index contributed by atoms with van der Waals surface area (Å²) in [6.07, 6.45) is 0. The molecule has 0 aliphatic rings. The molecule has 2 N–H and O–H groups in total. The summed E-state index contributed by atoms with van der Waals surface area (Å²) < 4.78 is 27.5. The third-order valence-corrected chi connectivity index (χ3v) is 2.63. The molecule has 0 aromatic heterocycles. The number of carbonyl (C=O) groups excluding carboxylic acids is 2. The van der Waals surface area contributed by atoms with Crippen LogP contribution in [0.25, 0.3) is 0 Å². The first-order chi connectivity index (χ1) is 10.00. The van der Waals surface area contributed by atoms with Crippen LogP contribution in [0.5, 0.6) is 0 Å². The minimum Gasteiger partial charge on any atom is -0.320 e. The second kappa shape index (κ2) is 6.13. The summed E-state index contributed by atoms with van der Waals surface area (Å²) in [5.74, 6) is -7.53. The van der Waals surface area contributed by atoms with E-state index in [1.807, 2.05) is 10.6 Å². The molecule has 0 fully saturated rings. The fraction of sp³-hybridized carbons (Fsp3) is 0.0667. The van der Waals surface area contributed by atoms with E-state index >= 15 is 0 Å². The normalized spacial score (nSPS) is 10.8. The molecule has 0 heterocycles. The van der Waals surface area contributed by atoms with Gasteiger partial charge in [-0.3, -0.25) is 9.59 Å². The van der Waals surface area contributed by atoms with E-state index in [4.69, 9.17) is 0 Å². The van der Waals surface area contributed by atoms with E-state index < -0.39 is 17.7 Å². The summed E-state index contributed by atoms with van der Waals surface area (Å²) in [5, 5.41) is 4.00. The molecule has 6 heteroatoms. The summed E-state index contributed by atoms with van der Waals surface area (Å²) >= 11 is 0. The van der Waals surface area contributed by atoms with Crippen LogP contribution in [-0.4, -0.2) is 17.7 Å². The molecule has 0 bridgehead atoms. The highest BCUT2D eigenvalue weighted by molar-refractivity contribution is 6.15. The van der Waals surface area contributed by atoms with Crippen molar-refractivity contribution in [2.45, 2.75) is 5.92 Å². The van der Waals surface area contributed by atoms with Crippen molar-refractivity contribution < 1.29 is 18.4 Å². The van der Waals surface area contributed by atoms with E-state index in [9.17, 15) is 18.4 Å². The summed E-state index contributed by atoms with van der Waals surface area (Å²) in [6.45, 7) is 0. The smallest absolute Gasteiger partial charge is 0.320 e. The zero-order valence-corrected chi connectivity index (χ0v) is 10.8. The fourth-order valence-electron chi connectivity index (χ4n) is 1.57. The van der Waals surface area contributed by atoms with E-state index in [1.165, 1.54) is 24.3 Å². The van der Waals surface area contributed by atoms with Crippen molar-refractivity contribution in [2.75, 3.05) is 10.6 Å². The second-order valence-corrected chi connectivity index (χ2v) is 4.21. The lowest BCUT2D eigenvalue weighted by Crippen LogP contribution is -2.45. The molecule has 0 atom stereocenters. The summed E-state index contributed by atoms with van der Waals surface area (Å²) in [5.41, 5.74) is 0.379. The number of amides is 2. The van der Waals surface area contributed by atoms with Crippen molar-refractivity contribution in [1.82, 2.24) is 0 Å². The SMILES string of the molecule is O=C(Nc1ccccc1)C(F)(F)C(=O)Nc1ccccc1. The van der Waals surface area contributed by atoms with Gasteiger partial charge in [-0.05, 0) is 24.3 Å². The molecule has 0 aliphatic heterocycles. The third kappa shape index (κ3) is 3.62. The van der Waals surface area contributed by atoms with Crippen LogP contribution < -0.4 is 10.6 Å². The van der Waals surface area contributed by atoms with Crippen LogP contribution >= 0.6 is 0 Å². The molecule has 0 radical (unpaired) electrons. The van der Waals surface area contributed by atoms with Crippen molar-refractivity contribution >= 4 is 23.2 Å². The van der Waals surface area contributed by atoms with Gasteiger partial charge >= 0.3 is 17.7 Å². The summed E-state index contributed by atoms with van der Waals surface area (Å²) in [4.78, 5) is 23.1. The van der Waals surface area contributed by atoms with E-state index in [0.29, 0.717) is 0 Å². The molecule has 0 saturated heterocycles. The largest absolute Gasteiger partial charge is 0.401 e. The number of anilines is 2. The quantitative estimate of drug-likeness (QED) is 0.851. The van der Waals surface area contributed by atoms with Gasteiger partial charge in [-0.2, -0.15) is 8.78 Å². The summed E-state index contributed by atoms with van der Waals surface area (Å²) in [6, 6.07) is 15.5. The van der Waals surface area contributed by atoms with Gasteiger partial charge in [-0.15, -0.1) is 0 Å². The topological polar surface area (TPSA) is 58.2 Å². The molecule has 21 heavy (non-hydrogen) atoms. The van der Waals surface area contributed by atoms with Crippen molar-refractivity contribution in [3.05, 3.63) is 60.7 Å². The van der Waals surface area contributed by atoms with Crippen LogP contribution in [0.2, 0.25) is 0 Å². The number of carbonyl (C=O) groups is 2. The lowest BCUT2D eigenvalue weighted by molar-refractivity contribution is -0.152. The number of hydrogen-bond donors (Lipinski definition) is 2. The van der Waals surface area contributed by atoms with Gasteiger partial charge in [0.05, 0.1) is 0 Å². The molecule has 0 aliphatic carbocycles. The Morgan fingerprint density at radius 1 is 0.714 bits per heavy atom. The Morgan fingerprint density at radius 2 is 1.05 bits per heavy atom. The van der Waals surface area contributed by atoms with Crippen LogP contribution in [-0.2, 0) is 9.59 Å². The third-order valence-electron chi connectivity index (χ3n) is 2.63. The standard InChI is InChI=1S/C15H12F2N2O2/c16-15(17,13(20)18-11-7-3-1-4-8-11)14(21)19-12-9-5-2-6-10-12/h1-10H,(H,18,20)(H,19,21). The van der Waals surface area contributed by atoms with Crippen LogP contribution in [0, 0.1) is 0 Å². The number of nitrogens with one attached hydrogen (secondary N) is 2. The maximum Gasteiger partial charge on any atom is 0.401 e. The van der Waals surface area contributed by atoms with Crippen LogP contribution in [0.3, 0.4) is 0 Å². The first-order valence-corrected chi connectivity index (χ1v) is 6.11. The number of rotatable bonds is 4. The molecule has 2 aromatic carbocycles. The van der Waals surface area contributed by atoms with Gasteiger partial charge in [-0.25, -0.2) is 0 Å². The van der Waals surface area contributed by atoms with Gasteiger partial charge < -0.3 is 10.6 Å². The van der Waals surface area contributed by atoms with Crippen LogP contribution in [0.15, 0.2) is 60.7 Å². The van der Waals surface area contributed by atoms with Gasteiger partial charge in [0, 0.05) is 11.4 Å². The Labute approximate surface area is 119 Å². The average molecular weight is 290 g/mol.